The van der Waals surface area contributed by atoms with Crippen LogP contribution in [-0.2, 0) is 5.60 Å². The van der Waals surface area contributed by atoms with E-state index < -0.39 is 5.60 Å². The number of benzene rings is 1. The number of rotatable bonds is 4. The average Bonchev–Trinajstić information content (AvgIpc) is 2.26. The van der Waals surface area contributed by atoms with Crippen LogP contribution in [0.15, 0.2) is 29.4 Å². The van der Waals surface area contributed by atoms with Crippen LogP contribution in [0.4, 0.5) is 0 Å². The summed E-state index contributed by atoms with van der Waals surface area (Å²) in [6.45, 7) is 1.66. The van der Waals surface area contributed by atoms with Crippen molar-refractivity contribution in [1.82, 2.24) is 0 Å². The standard InChI is InChI=1S/C11H15NO3/c1-11(13,7-8-12-14)9-3-5-10(15-2)6-4-9/h3-6,8,13-14H,7H2,1-2H3. The molecule has 0 saturated carbocycles. The van der Waals surface area contributed by atoms with Crippen molar-refractivity contribution in [3.8, 4) is 5.75 Å². The monoisotopic (exact) mass is 209 g/mol. The molecule has 0 saturated heterocycles. The van der Waals surface area contributed by atoms with Crippen LogP contribution in [0.2, 0.25) is 0 Å². The summed E-state index contributed by atoms with van der Waals surface area (Å²) >= 11 is 0. The molecule has 1 aromatic carbocycles. The van der Waals surface area contributed by atoms with Crippen LogP contribution in [0, 0.1) is 0 Å². The van der Waals surface area contributed by atoms with Crippen molar-refractivity contribution in [1.29, 1.82) is 0 Å². The van der Waals surface area contributed by atoms with E-state index in [4.69, 9.17) is 9.94 Å². The maximum Gasteiger partial charge on any atom is 0.118 e. The molecule has 4 nitrogen and oxygen atoms in total. The van der Waals surface area contributed by atoms with Gasteiger partial charge in [-0.2, -0.15) is 0 Å². The van der Waals surface area contributed by atoms with Gasteiger partial charge in [0.1, 0.15) is 5.75 Å². The molecular formula is C11H15NO3. The van der Waals surface area contributed by atoms with Gasteiger partial charge in [-0.15, -0.1) is 5.16 Å². The van der Waals surface area contributed by atoms with Gasteiger partial charge in [0, 0.05) is 12.6 Å². The first-order valence-corrected chi connectivity index (χ1v) is 4.63. The first-order valence-electron chi connectivity index (χ1n) is 4.63. The maximum absolute atomic E-state index is 10.0. The first kappa shape index (κ1) is 11.5. The second-order valence-corrected chi connectivity index (χ2v) is 3.50. The first-order chi connectivity index (χ1) is 7.10. The summed E-state index contributed by atoms with van der Waals surface area (Å²) in [5.41, 5.74) is -0.276. The van der Waals surface area contributed by atoms with Gasteiger partial charge in [0.2, 0.25) is 0 Å². The molecule has 4 heteroatoms. The highest BCUT2D eigenvalue weighted by atomic mass is 16.5. The zero-order chi connectivity index (χ0) is 11.3. The SMILES string of the molecule is COc1ccc(C(C)(O)CC=NO)cc1. The summed E-state index contributed by atoms with van der Waals surface area (Å²) in [7, 11) is 1.59. The Hall–Kier alpha value is -1.55. The Balaban J connectivity index is 2.84. The van der Waals surface area contributed by atoms with E-state index in [1.54, 1.807) is 38.3 Å². The summed E-state index contributed by atoms with van der Waals surface area (Å²) in [5, 5.41) is 21.2. The Morgan fingerprint density at radius 1 is 1.40 bits per heavy atom. The lowest BCUT2D eigenvalue weighted by Gasteiger charge is -2.21. The number of methoxy groups -OCH3 is 1. The molecule has 0 spiro atoms. The zero-order valence-corrected chi connectivity index (χ0v) is 8.84. The van der Waals surface area contributed by atoms with Crippen LogP contribution < -0.4 is 4.74 Å². The van der Waals surface area contributed by atoms with Crippen LogP contribution in [0.5, 0.6) is 5.75 Å². The number of aliphatic hydroxyl groups is 1. The molecule has 1 rings (SSSR count). The fourth-order valence-corrected chi connectivity index (χ4v) is 1.29. The number of oxime groups is 1. The molecule has 0 aromatic heterocycles. The van der Waals surface area contributed by atoms with Gasteiger partial charge in [-0.1, -0.05) is 12.1 Å². The average molecular weight is 209 g/mol. The van der Waals surface area contributed by atoms with Gasteiger partial charge >= 0.3 is 0 Å². The van der Waals surface area contributed by atoms with Crippen molar-refractivity contribution in [3.63, 3.8) is 0 Å². The highest BCUT2D eigenvalue weighted by molar-refractivity contribution is 5.58. The van der Waals surface area contributed by atoms with Gasteiger partial charge in [0.05, 0.1) is 12.7 Å². The number of ether oxygens (including phenoxy) is 1. The minimum Gasteiger partial charge on any atom is -0.497 e. The predicted molar refractivity (Wildman–Crippen MR) is 57.5 cm³/mol. The third-order valence-electron chi connectivity index (χ3n) is 2.28. The van der Waals surface area contributed by atoms with Crippen LogP contribution in [-0.4, -0.2) is 23.6 Å². The third-order valence-corrected chi connectivity index (χ3v) is 2.28. The van der Waals surface area contributed by atoms with Crippen molar-refractivity contribution in [2.75, 3.05) is 7.11 Å². The molecule has 1 aromatic rings. The summed E-state index contributed by atoms with van der Waals surface area (Å²) in [4.78, 5) is 0. The van der Waals surface area contributed by atoms with Crippen molar-refractivity contribution >= 4 is 6.21 Å². The Morgan fingerprint density at radius 3 is 2.47 bits per heavy atom. The highest BCUT2D eigenvalue weighted by Crippen LogP contribution is 2.25. The van der Waals surface area contributed by atoms with Crippen LogP contribution in [0.25, 0.3) is 0 Å². The predicted octanol–water partition coefficient (Wildman–Crippen LogP) is 1.75. The Morgan fingerprint density at radius 2 is 2.00 bits per heavy atom. The molecule has 0 aliphatic rings. The van der Waals surface area contributed by atoms with Crippen molar-refractivity contribution in [3.05, 3.63) is 29.8 Å². The highest BCUT2D eigenvalue weighted by Gasteiger charge is 2.21. The van der Waals surface area contributed by atoms with Gasteiger partial charge in [-0.05, 0) is 24.6 Å². The zero-order valence-electron chi connectivity index (χ0n) is 8.84. The number of hydrogen-bond donors (Lipinski definition) is 2. The molecule has 0 aliphatic carbocycles. The summed E-state index contributed by atoms with van der Waals surface area (Å²) in [5.74, 6) is 0.741. The third kappa shape index (κ3) is 2.95. The second kappa shape index (κ2) is 4.79. The Labute approximate surface area is 88.8 Å². The minimum absolute atomic E-state index is 0.260. The molecule has 0 amide bonds. The van der Waals surface area contributed by atoms with Crippen LogP contribution in [0.1, 0.15) is 18.9 Å². The topological polar surface area (TPSA) is 62.0 Å². The largest absolute Gasteiger partial charge is 0.497 e. The Kier molecular flexibility index (Phi) is 3.68. The lowest BCUT2D eigenvalue weighted by atomic mass is 9.93. The van der Waals surface area contributed by atoms with E-state index >= 15 is 0 Å². The van der Waals surface area contributed by atoms with Gasteiger partial charge in [0.25, 0.3) is 0 Å². The van der Waals surface area contributed by atoms with Gasteiger partial charge < -0.3 is 15.1 Å². The molecular weight excluding hydrogens is 194 g/mol. The van der Waals surface area contributed by atoms with Gasteiger partial charge in [0.15, 0.2) is 0 Å². The summed E-state index contributed by atoms with van der Waals surface area (Å²) in [6.07, 6.45) is 1.53. The summed E-state index contributed by atoms with van der Waals surface area (Å²) < 4.78 is 5.02. The van der Waals surface area contributed by atoms with E-state index in [1.165, 1.54) is 6.21 Å². The maximum atomic E-state index is 10.0. The van der Waals surface area contributed by atoms with Crippen molar-refractivity contribution in [2.24, 2.45) is 5.16 Å². The number of nitrogens with zero attached hydrogens (tertiary/aromatic N) is 1. The van der Waals surface area contributed by atoms with Gasteiger partial charge in [-0.25, -0.2) is 0 Å². The molecule has 1 atom stereocenters. The molecule has 0 bridgehead atoms. The normalized spacial score (nSPS) is 15.1. The summed E-state index contributed by atoms with van der Waals surface area (Å²) in [6, 6.07) is 7.12. The van der Waals surface area contributed by atoms with E-state index in [2.05, 4.69) is 5.16 Å². The smallest absolute Gasteiger partial charge is 0.118 e. The van der Waals surface area contributed by atoms with Crippen LogP contribution >= 0.6 is 0 Å². The quantitative estimate of drug-likeness (QED) is 0.451. The molecule has 0 fully saturated rings. The minimum atomic E-state index is -1.03. The lowest BCUT2D eigenvalue weighted by Crippen LogP contribution is -2.21. The Bertz CT molecular complexity index is 330. The van der Waals surface area contributed by atoms with Crippen molar-refractivity contribution in [2.45, 2.75) is 18.9 Å². The fourth-order valence-electron chi connectivity index (χ4n) is 1.29. The van der Waals surface area contributed by atoms with Crippen molar-refractivity contribution < 1.29 is 15.1 Å². The molecule has 0 radical (unpaired) electrons. The fraction of sp³-hybridized carbons (Fsp3) is 0.364. The molecule has 15 heavy (non-hydrogen) atoms. The molecule has 1 unspecified atom stereocenters. The second-order valence-electron chi connectivity index (χ2n) is 3.50. The molecule has 0 heterocycles. The molecule has 0 aliphatic heterocycles. The van der Waals surface area contributed by atoms with Crippen LogP contribution in [0.3, 0.4) is 0 Å². The molecule has 2 N–H and O–H groups in total. The lowest BCUT2D eigenvalue weighted by molar-refractivity contribution is 0.0657. The number of hydrogen-bond acceptors (Lipinski definition) is 4. The van der Waals surface area contributed by atoms with Gasteiger partial charge in [-0.3, -0.25) is 0 Å². The van der Waals surface area contributed by atoms with E-state index in [9.17, 15) is 5.11 Å². The molecule has 82 valence electrons. The van der Waals surface area contributed by atoms with E-state index in [-0.39, 0.29) is 6.42 Å². The van der Waals surface area contributed by atoms with E-state index in [0.29, 0.717) is 0 Å². The van der Waals surface area contributed by atoms with E-state index in [1.807, 2.05) is 0 Å². The van der Waals surface area contributed by atoms with E-state index in [0.717, 1.165) is 11.3 Å².